The highest BCUT2D eigenvalue weighted by atomic mass is 16.1. The molecule has 128 valence electrons. The Bertz CT molecular complexity index is 670. The second-order valence-electron chi connectivity index (χ2n) is 6.55. The Balaban J connectivity index is 1.52. The van der Waals surface area contributed by atoms with Gasteiger partial charge in [-0.2, -0.15) is 5.10 Å². The number of amides is 1. The summed E-state index contributed by atoms with van der Waals surface area (Å²) in [5.41, 5.74) is 2.66. The Morgan fingerprint density at radius 1 is 1.42 bits per heavy atom. The van der Waals surface area contributed by atoms with Crippen molar-refractivity contribution in [2.75, 3.05) is 11.4 Å². The fourth-order valence-electron chi connectivity index (χ4n) is 3.32. The average Bonchev–Trinajstić information content (AvgIpc) is 3.06. The summed E-state index contributed by atoms with van der Waals surface area (Å²) in [4.78, 5) is 18.5. The quantitative estimate of drug-likeness (QED) is 0.881. The Labute approximate surface area is 142 Å². The Kier molecular flexibility index (Phi) is 5.13. The minimum Gasteiger partial charge on any atom is -0.368 e. The molecule has 1 aliphatic heterocycles. The number of nitrogens with zero attached hydrogens (tertiary/aromatic N) is 4. The van der Waals surface area contributed by atoms with Crippen molar-refractivity contribution in [3.8, 4) is 0 Å². The molecule has 0 saturated heterocycles. The molecule has 0 bridgehead atoms. The molecule has 0 saturated carbocycles. The number of nitrogens with one attached hydrogen (secondary N) is 1. The number of rotatable bonds is 6. The van der Waals surface area contributed by atoms with Gasteiger partial charge in [-0.25, -0.2) is 4.98 Å². The van der Waals surface area contributed by atoms with Gasteiger partial charge in [0, 0.05) is 30.7 Å². The van der Waals surface area contributed by atoms with E-state index in [0.29, 0.717) is 19.0 Å². The zero-order chi connectivity index (χ0) is 16.9. The molecule has 6 nitrogen and oxygen atoms in total. The van der Waals surface area contributed by atoms with Crippen LogP contribution >= 0.6 is 0 Å². The van der Waals surface area contributed by atoms with Crippen molar-refractivity contribution in [1.29, 1.82) is 0 Å². The van der Waals surface area contributed by atoms with Gasteiger partial charge in [0.15, 0.2) is 0 Å². The van der Waals surface area contributed by atoms with Crippen molar-refractivity contribution in [2.45, 2.75) is 51.7 Å². The maximum Gasteiger partial charge on any atom is 0.222 e. The molecule has 1 N–H and O–H groups in total. The summed E-state index contributed by atoms with van der Waals surface area (Å²) >= 11 is 0. The molecule has 2 heterocycles. The zero-order valence-corrected chi connectivity index (χ0v) is 14.4. The molecule has 2 aromatic rings. The molecule has 0 spiro atoms. The smallest absolute Gasteiger partial charge is 0.222 e. The van der Waals surface area contributed by atoms with Crippen molar-refractivity contribution < 1.29 is 4.79 Å². The molecule has 2 atom stereocenters. The normalized spacial score (nSPS) is 18.1. The number of carbonyl (C=O) groups excluding carboxylic acids is 1. The van der Waals surface area contributed by atoms with Crippen LogP contribution in [0.4, 0.5) is 5.69 Å². The third kappa shape index (κ3) is 3.93. The largest absolute Gasteiger partial charge is 0.368 e. The minimum atomic E-state index is 0.0327. The summed E-state index contributed by atoms with van der Waals surface area (Å²) in [6.07, 6.45) is 5.93. The van der Waals surface area contributed by atoms with Gasteiger partial charge in [0.25, 0.3) is 0 Å². The number of fused-ring (bicyclic) bond motifs is 1. The second-order valence-corrected chi connectivity index (χ2v) is 6.55. The maximum absolute atomic E-state index is 12.3. The van der Waals surface area contributed by atoms with Crippen LogP contribution in [0.3, 0.4) is 0 Å². The first-order valence-corrected chi connectivity index (χ1v) is 8.60. The third-order valence-corrected chi connectivity index (χ3v) is 4.58. The van der Waals surface area contributed by atoms with Crippen LogP contribution in [0, 0.1) is 0 Å². The zero-order valence-electron chi connectivity index (χ0n) is 14.4. The number of benzene rings is 1. The number of aromatic nitrogens is 3. The molecule has 0 radical (unpaired) electrons. The number of aryl methyl sites for hydroxylation is 1. The lowest BCUT2D eigenvalue weighted by Gasteiger charge is -2.37. The van der Waals surface area contributed by atoms with Crippen LogP contribution in [0.1, 0.15) is 32.3 Å². The third-order valence-electron chi connectivity index (χ3n) is 4.58. The van der Waals surface area contributed by atoms with E-state index < -0.39 is 0 Å². The molecule has 0 unspecified atom stereocenters. The summed E-state index contributed by atoms with van der Waals surface area (Å²) in [7, 11) is 0. The van der Waals surface area contributed by atoms with Gasteiger partial charge in [0.05, 0.1) is 6.54 Å². The van der Waals surface area contributed by atoms with E-state index in [1.807, 2.05) is 6.92 Å². The summed E-state index contributed by atoms with van der Waals surface area (Å²) in [5.74, 6) is 0.0814. The van der Waals surface area contributed by atoms with Crippen LogP contribution < -0.4 is 10.2 Å². The van der Waals surface area contributed by atoms with E-state index in [2.05, 4.69) is 51.5 Å². The van der Waals surface area contributed by atoms with Crippen molar-refractivity contribution >= 4 is 11.6 Å². The van der Waals surface area contributed by atoms with E-state index in [-0.39, 0.29) is 11.9 Å². The lowest BCUT2D eigenvalue weighted by molar-refractivity contribution is -0.121. The Morgan fingerprint density at radius 3 is 3.04 bits per heavy atom. The average molecular weight is 327 g/mol. The van der Waals surface area contributed by atoms with Crippen molar-refractivity contribution in [2.24, 2.45) is 0 Å². The maximum atomic E-state index is 12.3. The molecular formula is C18H25N5O. The fraction of sp³-hybridized carbons (Fsp3) is 0.500. The monoisotopic (exact) mass is 327 g/mol. The van der Waals surface area contributed by atoms with Gasteiger partial charge in [0.2, 0.25) is 5.91 Å². The Hall–Kier alpha value is -2.37. The molecule has 0 fully saturated rings. The summed E-state index contributed by atoms with van der Waals surface area (Å²) in [6, 6.07) is 9.02. The first kappa shape index (κ1) is 16.5. The molecule has 1 aliphatic rings. The van der Waals surface area contributed by atoms with E-state index >= 15 is 0 Å². The Morgan fingerprint density at radius 2 is 2.25 bits per heavy atom. The molecule has 3 rings (SSSR count). The van der Waals surface area contributed by atoms with Gasteiger partial charge >= 0.3 is 0 Å². The predicted octanol–water partition coefficient (Wildman–Crippen LogP) is 2.01. The van der Waals surface area contributed by atoms with Crippen LogP contribution in [0.15, 0.2) is 36.9 Å². The fourth-order valence-corrected chi connectivity index (χ4v) is 3.32. The van der Waals surface area contributed by atoms with E-state index in [1.54, 1.807) is 11.0 Å². The van der Waals surface area contributed by atoms with Gasteiger partial charge in [-0.1, -0.05) is 18.2 Å². The van der Waals surface area contributed by atoms with Crippen LogP contribution in [0.5, 0.6) is 0 Å². The van der Waals surface area contributed by atoms with E-state index in [1.165, 1.54) is 17.6 Å². The molecular weight excluding hydrogens is 302 g/mol. The van der Waals surface area contributed by atoms with E-state index in [4.69, 9.17) is 0 Å². The van der Waals surface area contributed by atoms with Crippen LogP contribution in [-0.2, 0) is 17.8 Å². The highest BCUT2D eigenvalue weighted by Crippen LogP contribution is 2.30. The van der Waals surface area contributed by atoms with Crippen LogP contribution in [0.25, 0.3) is 0 Å². The van der Waals surface area contributed by atoms with Gasteiger partial charge in [-0.05, 0) is 38.3 Å². The van der Waals surface area contributed by atoms with Crippen LogP contribution in [-0.4, -0.2) is 39.3 Å². The molecule has 1 aromatic carbocycles. The minimum absolute atomic E-state index is 0.0327. The highest BCUT2D eigenvalue weighted by Gasteiger charge is 2.23. The molecule has 1 amide bonds. The number of carbonyl (C=O) groups is 1. The summed E-state index contributed by atoms with van der Waals surface area (Å²) in [6.45, 7) is 5.61. The van der Waals surface area contributed by atoms with E-state index in [9.17, 15) is 4.79 Å². The highest BCUT2D eigenvalue weighted by molar-refractivity contribution is 5.77. The lowest BCUT2D eigenvalue weighted by atomic mass is 9.96. The number of anilines is 1. The second kappa shape index (κ2) is 7.47. The topological polar surface area (TPSA) is 63.1 Å². The van der Waals surface area contributed by atoms with Crippen molar-refractivity contribution in [3.63, 3.8) is 0 Å². The van der Waals surface area contributed by atoms with Gasteiger partial charge in [0.1, 0.15) is 12.7 Å². The lowest BCUT2D eigenvalue weighted by Crippen LogP contribution is -2.41. The molecule has 0 aliphatic carbocycles. The summed E-state index contributed by atoms with van der Waals surface area (Å²) < 4.78 is 1.73. The molecule has 1 aromatic heterocycles. The first-order chi connectivity index (χ1) is 11.6. The number of para-hydroxylation sites is 1. The molecule has 6 heteroatoms. The first-order valence-electron chi connectivity index (χ1n) is 8.60. The number of hydrogen-bond donors (Lipinski definition) is 1. The predicted molar refractivity (Wildman–Crippen MR) is 93.8 cm³/mol. The van der Waals surface area contributed by atoms with Gasteiger partial charge in [-0.15, -0.1) is 0 Å². The van der Waals surface area contributed by atoms with Crippen LogP contribution in [0.2, 0.25) is 0 Å². The van der Waals surface area contributed by atoms with Crippen molar-refractivity contribution in [3.05, 3.63) is 42.5 Å². The standard InChI is InChI=1S/C18H25N5O/c1-14(11-22-13-19-12-20-22)21-18(24)9-10-23-15(2)7-8-16-5-3-4-6-17(16)23/h3-6,12-15H,7-11H2,1-2H3,(H,21,24)/t14-,15-/m0/s1. The summed E-state index contributed by atoms with van der Waals surface area (Å²) in [5, 5.41) is 7.11. The van der Waals surface area contributed by atoms with Gasteiger partial charge in [-0.3, -0.25) is 9.48 Å². The molecule has 24 heavy (non-hydrogen) atoms. The SMILES string of the molecule is C[C@@H](Cn1cncn1)NC(=O)CCN1c2ccccc2CC[C@@H]1C. The van der Waals surface area contributed by atoms with Crippen molar-refractivity contribution in [1.82, 2.24) is 20.1 Å². The number of hydrogen-bond acceptors (Lipinski definition) is 4. The van der Waals surface area contributed by atoms with E-state index in [0.717, 1.165) is 19.4 Å². The van der Waals surface area contributed by atoms with Gasteiger partial charge < -0.3 is 10.2 Å².